The summed E-state index contributed by atoms with van der Waals surface area (Å²) >= 11 is 2.70. The third kappa shape index (κ3) is 5.57. The maximum absolute atomic E-state index is 15.4. The lowest BCUT2D eigenvalue weighted by Gasteiger charge is -2.23. The predicted molar refractivity (Wildman–Crippen MR) is 173 cm³/mol. The second kappa shape index (κ2) is 11.6. The molecule has 0 saturated heterocycles. The lowest BCUT2D eigenvalue weighted by Crippen LogP contribution is -2.35. The maximum atomic E-state index is 15.4. The summed E-state index contributed by atoms with van der Waals surface area (Å²) in [7, 11) is 0. The van der Waals surface area contributed by atoms with Crippen LogP contribution in [0.3, 0.4) is 0 Å². The lowest BCUT2D eigenvalue weighted by molar-refractivity contribution is -0.142. The van der Waals surface area contributed by atoms with Crippen LogP contribution in [0.1, 0.15) is 56.1 Å². The predicted octanol–water partition coefficient (Wildman–Crippen LogP) is 7.29. The van der Waals surface area contributed by atoms with E-state index < -0.39 is 71.0 Å². The summed E-state index contributed by atoms with van der Waals surface area (Å²) in [4.78, 5) is 35.6. The molecule has 51 heavy (non-hydrogen) atoms. The van der Waals surface area contributed by atoms with Crippen molar-refractivity contribution < 1.29 is 40.3 Å². The quantitative estimate of drug-likeness (QED) is 0.0984. The minimum atomic E-state index is -5.08. The summed E-state index contributed by atoms with van der Waals surface area (Å²) < 4.78 is 103. The molecule has 1 aliphatic heterocycles. The third-order valence-corrected chi connectivity index (χ3v) is 11.3. The van der Waals surface area contributed by atoms with Gasteiger partial charge in [-0.2, -0.15) is 27.1 Å². The SMILES string of the molecule is C=C1[C@@H]2c3c(C(F)(F)F)nn(CC(=O)N[C@@H](Cc4cc(F)cc(F)c4)c4nc5nc(SC)sc5cc4-c4ccc5c(c4)C(=O)NC5)c3C(F)(F)[C@H]12. The fourth-order valence-corrected chi connectivity index (χ4v) is 8.54. The van der Waals surface area contributed by atoms with E-state index in [0.29, 0.717) is 43.0 Å². The zero-order valence-corrected chi connectivity index (χ0v) is 27.8. The van der Waals surface area contributed by atoms with E-state index in [0.717, 1.165) is 17.7 Å². The number of fused-ring (bicyclic) bond motifs is 5. The van der Waals surface area contributed by atoms with Crippen molar-refractivity contribution in [3.63, 3.8) is 0 Å². The standard InChI is InChI=1S/C34H23F7N6O2S2/c1-13-24-25-28(34(39,40)41)46-47(29(25)33(37,38)26(13)24)12-23(48)43-21(7-14-5-17(35)9-18(36)6-14)27-19(10-22-30(44-27)45-32(50-2)51-22)15-3-4-16-11-42-31(49)20(16)8-15/h3-6,8-10,21,24,26H,1,7,11-12H2,2H3,(H,42,49)(H,43,48)/t21-,24+,26+/m0/s1. The number of benzene rings is 2. The highest BCUT2D eigenvalue weighted by Crippen LogP contribution is 2.71. The zero-order chi connectivity index (χ0) is 36.1. The Labute approximate surface area is 292 Å². The van der Waals surface area contributed by atoms with Crippen LogP contribution in [-0.2, 0) is 36.4 Å². The molecule has 1 saturated carbocycles. The number of hydrogen-bond acceptors (Lipinski definition) is 7. The van der Waals surface area contributed by atoms with Crippen LogP contribution in [0.5, 0.6) is 0 Å². The summed E-state index contributed by atoms with van der Waals surface area (Å²) in [6, 6.07) is 8.43. The van der Waals surface area contributed by atoms with Crippen molar-refractivity contribution in [2.24, 2.45) is 5.92 Å². The second-order valence-electron chi connectivity index (χ2n) is 12.5. The summed E-state index contributed by atoms with van der Waals surface area (Å²) in [5.74, 6) is -9.61. The number of thiazole rings is 1. The van der Waals surface area contributed by atoms with Crippen LogP contribution < -0.4 is 10.6 Å². The van der Waals surface area contributed by atoms with Gasteiger partial charge in [0.1, 0.15) is 23.9 Å². The number of nitrogens with one attached hydrogen (secondary N) is 2. The first-order valence-corrected chi connectivity index (χ1v) is 17.4. The number of amides is 2. The number of nitrogens with zero attached hydrogens (tertiary/aromatic N) is 4. The number of carbonyl (C=O) groups excluding carboxylic acids is 2. The van der Waals surface area contributed by atoms with Crippen LogP contribution in [0, 0.1) is 17.6 Å². The first-order chi connectivity index (χ1) is 24.1. The van der Waals surface area contributed by atoms with Gasteiger partial charge in [-0.15, -0.1) is 11.3 Å². The Kier molecular flexibility index (Phi) is 7.61. The van der Waals surface area contributed by atoms with E-state index in [-0.39, 0.29) is 34.8 Å². The van der Waals surface area contributed by atoms with Crippen molar-refractivity contribution in [2.75, 3.05) is 6.26 Å². The normalized spacial score (nSPS) is 19.1. The Bertz CT molecular complexity index is 2320. The Hall–Kier alpha value is -4.77. The molecule has 3 aromatic heterocycles. The van der Waals surface area contributed by atoms with Gasteiger partial charge < -0.3 is 10.6 Å². The van der Waals surface area contributed by atoms with Gasteiger partial charge in [0.2, 0.25) is 5.91 Å². The molecular formula is C34H23F7N6O2S2. The topological polar surface area (TPSA) is 102 Å². The molecule has 3 atom stereocenters. The molecular weight excluding hydrogens is 722 g/mol. The minimum absolute atomic E-state index is 0.0332. The largest absolute Gasteiger partial charge is 0.435 e. The molecule has 1 fully saturated rings. The number of pyridine rings is 1. The fourth-order valence-electron chi connectivity index (χ4n) is 7.08. The Balaban J connectivity index is 1.23. The summed E-state index contributed by atoms with van der Waals surface area (Å²) in [5.41, 5.74) is -0.602. The molecule has 0 spiro atoms. The molecule has 0 bridgehead atoms. The molecule has 2 amide bonds. The number of carbonyl (C=O) groups is 2. The van der Waals surface area contributed by atoms with Crippen LogP contribution in [0.15, 0.2) is 59.0 Å². The van der Waals surface area contributed by atoms with E-state index in [1.165, 1.54) is 23.1 Å². The van der Waals surface area contributed by atoms with Crippen molar-refractivity contribution in [1.82, 2.24) is 30.4 Å². The van der Waals surface area contributed by atoms with Gasteiger partial charge in [-0.05, 0) is 53.6 Å². The fraction of sp³-hybridized carbons (Fsp3) is 0.265. The highest BCUT2D eigenvalue weighted by Gasteiger charge is 2.71. The average molecular weight is 745 g/mol. The summed E-state index contributed by atoms with van der Waals surface area (Å²) in [5, 5.41) is 8.85. The number of rotatable bonds is 8. The maximum Gasteiger partial charge on any atom is 0.435 e. The van der Waals surface area contributed by atoms with Crippen molar-refractivity contribution in [3.05, 3.63) is 106 Å². The molecule has 8 rings (SSSR count). The van der Waals surface area contributed by atoms with Gasteiger partial charge in [-0.25, -0.2) is 18.7 Å². The van der Waals surface area contributed by atoms with Crippen LogP contribution in [-0.4, -0.2) is 37.8 Å². The highest BCUT2D eigenvalue weighted by molar-refractivity contribution is 8.00. The zero-order valence-electron chi connectivity index (χ0n) is 26.2. The number of thioether (sulfide) groups is 1. The van der Waals surface area contributed by atoms with Gasteiger partial charge in [-0.3, -0.25) is 14.3 Å². The van der Waals surface area contributed by atoms with E-state index in [1.807, 2.05) is 6.26 Å². The van der Waals surface area contributed by atoms with Crippen molar-refractivity contribution in [3.8, 4) is 11.1 Å². The summed E-state index contributed by atoms with van der Waals surface area (Å²) in [6.45, 7) is 2.80. The van der Waals surface area contributed by atoms with Crippen molar-refractivity contribution in [1.29, 1.82) is 0 Å². The van der Waals surface area contributed by atoms with Crippen LogP contribution >= 0.6 is 23.1 Å². The van der Waals surface area contributed by atoms with E-state index >= 15 is 8.78 Å². The molecule has 4 heterocycles. The van der Waals surface area contributed by atoms with E-state index in [9.17, 15) is 31.5 Å². The van der Waals surface area contributed by atoms with E-state index in [1.54, 1.807) is 24.3 Å². The minimum Gasteiger partial charge on any atom is -0.348 e. The molecule has 5 aromatic rings. The van der Waals surface area contributed by atoms with Crippen LogP contribution in [0.2, 0.25) is 0 Å². The smallest absolute Gasteiger partial charge is 0.348 e. The van der Waals surface area contributed by atoms with Crippen LogP contribution in [0.4, 0.5) is 30.7 Å². The molecule has 2 N–H and O–H groups in total. The van der Waals surface area contributed by atoms with Gasteiger partial charge in [-0.1, -0.05) is 36.0 Å². The molecule has 3 aliphatic rings. The van der Waals surface area contributed by atoms with Gasteiger partial charge in [0.05, 0.1) is 22.4 Å². The molecule has 8 nitrogen and oxygen atoms in total. The number of allylic oxidation sites excluding steroid dienone is 1. The Morgan fingerprint density at radius 3 is 2.59 bits per heavy atom. The number of hydrogen-bond donors (Lipinski definition) is 2. The average Bonchev–Trinajstić information content (AvgIpc) is 3.42. The number of halogens is 7. The molecule has 17 heteroatoms. The molecule has 0 radical (unpaired) electrons. The second-order valence-corrected chi connectivity index (χ2v) is 14.6. The van der Waals surface area contributed by atoms with Crippen molar-refractivity contribution in [2.45, 2.75) is 47.9 Å². The molecule has 2 aliphatic carbocycles. The van der Waals surface area contributed by atoms with Crippen LogP contribution in [0.25, 0.3) is 21.5 Å². The Morgan fingerprint density at radius 2 is 1.88 bits per heavy atom. The lowest BCUT2D eigenvalue weighted by atomic mass is 9.93. The van der Waals surface area contributed by atoms with E-state index in [2.05, 4.69) is 27.3 Å². The first kappa shape index (κ1) is 33.4. The van der Waals surface area contributed by atoms with Gasteiger partial charge in [0, 0.05) is 35.2 Å². The monoisotopic (exact) mass is 744 g/mol. The molecule has 2 aromatic carbocycles. The van der Waals surface area contributed by atoms with Gasteiger partial charge >= 0.3 is 6.18 Å². The highest BCUT2D eigenvalue weighted by atomic mass is 32.2. The third-order valence-electron chi connectivity index (χ3n) is 9.29. The summed E-state index contributed by atoms with van der Waals surface area (Å²) in [6.07, 6.45) is -3.53. The first-order valence-electron chi connectivity index (χ1n) is 15.4. The van der Waals surface area contributed by atoms with Gasteiger partial charge in [0.15, 0.2) is 15.7 Å². The van der Waals surface area contributed by atoms with Gasteiger partial charge in [0.25, 0.3) is 11.8 Å². The molecule has 0 unspecified atom stereocenters. The Morgan fingerprint density at radius 1 is 1.14 bits per heavy atom. The van der Waals surface area contributed by atoms with Crippen molar-refractivity contribution >= 4 is 45.3 Å². The molecule has 262 valence electrons. The number of aromatic nitrogens is 4. The number of alkyl halides is 5. The van der Waals surface area contributed by atoms with E-state index in [4.69, 9.17) is 4.98 Å².